The summed E-state index contributed by atoms with van der Waals surface area (Å²) in [5, 5.41) is 24.7. The van der Waals surface area contributed by atoms with E-state index in [0.717, 1.165) is 0 Å². The second-order valence-corrected chi connectivity index (χ2v) is 7.38. The Morgan fingerprint density at radius 2 is 1.44 bits per heavy atom. The van der Waals surface area contributed by atoms with Crippen LogP contribution in [0.25, 0.3) is 0 Å². The van der Waals surface area contributed by atoms with Gasteiger partial charge in [0, 0.05) is 13.0 Å². The lowest BCUT2D eigenvalue weighted by Crippen LogP contribution is -2.56. The van der Waals surface area contributed by atoms with Crippen molar-refractivity contribution in [2.75, 3.05) is 13.1 Å². The lowest BCUT2D eigenvalue weighted by Gasteiger charge is -2.24. The quantitative estimate of drug-likeness (QED) is 0.0702. The van der Waals surface area contributed by atoms with Crippen LogP contribution in [0, 0.1) is 5.92 Å². The number of hydrogen-bond acceptors (Lipinski definition) is 7. The van der Waals surface area contributed by atoms with Gasteiger partial charge in [0.15, 0.2) is 5.96 Å². The molecule has 0 saturated carbocycles. The monoisotopic (exact) mass is 459 g/mol. The average Bonchev–Trinajstić information content (AvgIpc) is 2.69. The summed E-state index contributed by atoms with van der Waals surface area (Å²) in [6.07, 6.45) is -0.336. The van der Waals surface area contributed by atoms with Crippen LogP contribution < -0.4 is 33.2 Å². The number of hydrogen-bond donors (Lipinski definition) is 8. The van der Waals surface area contributed by atoms with Crippen molar-refractivity contribution >= 4 is 35.6 Å². The predicted octanol–water partition coefficient (Wildman–Crippen LogP) is -2.94. The van der Waals surface area contributed by atoms with Gasteiger partial charge in [-0.1, -0.05) is 13.8 Å². The topological polar surface area (TPSA) is 252 Å². The number of carboxylic acids is 2. The molecule has 182 valence electrons. The van der Waals surface area contributed by atoms with E-state index in [1.54, 1.807) is 13.8 Å². The van der Waals surface area contributed by atoms with E-state index in [1.807, 2.05) is 0 Å². The Bertz CT molecular complexity index is 708. The molecular weight excluding hydrogens is 426 g/mol. The SMILES string of the molecule is CC(C)C(N)C(=O)NC(CCC(=O)O)C(=O)NC(CCCN=C(N)N)C(=O)NCC(=O)O. The summed E-state index contributed by atoms with van der Waals surface area (Å²) in [6.45, 7) is 2.90. The molecule has 32 heavy (non-hydrogen) atoms. The maximum Gasteiger partial charge on any atom is 0.322 e. The number of aliphatic imine (C=N–C) groups is 1. The molecule has 3 amide bonds. The van der Waals surface area contributed by atoms with Gasteiger partial charge in [-0.2, -0.15) is 0 Å². The zero-order chi connectivity index (χ0) is 24.8. The first-order valence-electron chi connectivity index (χ1n) is 9.98. The Kier molecular flexibility index (Phi) is 13.0. The Morgan fingerprint density at radius 1 is 0.875 bits per heavy atom. The highest BCUT2D eigenvalue weighted by molar-refractivity contribution is 5.93. The van der Waals surface area contributed by atoms with Gasteiger partial charge in [-0.15, -0.1) is 0 Å². The number of nitrogens with zero attached hydrogens (tertiary/aromatic N) is 1. The second-order valence-electron chi connectivity index (χ2n) is 7.38. The van der Waals surface area contributed by atoms with E-state index in [9.17, 15) is 24.0 Å². The first-order valence-corrected chi connectivity index (χ1v) is 9.98. The first-order chi connectivity index (χ1) is 14.8. The van der Waals surface area contributed by atoms with Crippen molar-refractivity contribution in [3.63, 3.8) is 0 Å². The van der Waals surface area contributed by atoms with Gasteiger partial charge in [0.05, 0.1) is 6.04 Å². The summed E-state index contributed by atoms with van der Waals surface area (Å²) < 4.78 is 0. The van der Waals surface area contributed by atoms with Gasteiger partial charge in [-0.3, -0.25) is 29.0 Å². The minimum Gasteiger partial charge on any atom is -0.481 e. The number of nitrogens with one attached hydrogen (secondary N) is 3. The van der Waals surface area contributed by atoms with Gasteiger partial charge in [0.2, 0.25) is 17.7 Å². The normalized spacial score (nSPS) is 13.4. The highest BCUT2D eigenvalue weighted by atomic mass is 16.4. The van der Waals surface area contributed by atoms with Crippen LogP contribution in [-0.2, 0) is 24.0 Å². The molecule has 3 unspecified atom stereocenters. The van der Waals surface area contributed by atoms with Crippen LogP contribution in [0.5, 0.6) is 0 Å². The van der Waals surface area contributed by atoms with Gasteiger partial charge in [0.1, 0.15) is 18.6 Å². The van der Waals surface area contributed by atoms with E-state index < -0.39 is 60.8 Å². The van der Waals surface area contributed by atoms with Gasteiger partial charge >= 0.3 is 11.9 Å². The van der Waals surface area contributed by atoms with Crippen LogP contribution in [0.1, 0.15) is 39.5 Å². The van der Waals surface area contributed by atoms with E-state index >= 15 is 0 Å². The van der Waals surface area contributed by atoms with Crippen molar-refractivity contribution in [3.8, 4) is 0 Å². The fraction of sp³-hybridized carbons (Fsp3) is 0.667. The number of carbonyl (C=O) groups is 5. The van der Waals surface area contributed by atoms with E-state index in [1.165, 1.54) is 0 Å². The maximum atomic E-state index is 12.8. The first kappa shape index (κ1) is 28.6. The summed E-state index contributed by atoms with van der Waals surface area (Å²) in [7, 11) is 0. The zero-order valence-electron chi connectivity index (χ0n) is 18.2. The standard InChI is InChI=1S/C18H33N7O7/c1-9(2)14(19)17(32)25-11(5-6-12(26)27)16(31)24-10(4-3-7-22-18(20)21)15(30)23-8-13(28)29/h9-11,14H,3-8,19H2,1-2H3,(H,23,30)(H,24,31)(H,25,32)(H,26,27)(H,28,29)(H4,20,21,22). The van der Waals surface area contributed by atoms with Crippen LogP contribution in [0.3, 0.4) is 0 Å². The lowest BCUT2D eigenvalue weighted by molar-refractivity contribution is -0.138. The molecule has 0 aromatic rings. The zero-order valence-corrected chi connectivity index (χ0v) is 18.2. The number of rotatable bonds is 15. The van der Waals surface area contributed by atoms with E-state index in [-0.39, 0.29) is 37.7 Å². The molecule has 0 aromatic carbocycles. The molecule has 0 bridgehead atoms. The summed E-state index contributed by atoms with van der Waals surface area (Å²) in [6, 6.07) is -3.36. The van der Waals surface area contributed by atoms with Crippen LogP contribution in [0.4, 0.5) is 0 Å². The number of amides is 3. The smallest absolute Gasteiger partial charge is 0.322 e. The molecular formula is C18H33N7O7. The highest BCUT2D eigenvalue weighted by Gasteiger charge is 2.29. The van der Waals surface area contributed by atoms with Crippen molar-refractivity contribution in [3.05, 3.63) is 0 Å². The van der Waals surface area contributed by atoms with Gasteiger partial charge < -0.3 is 43.4 Å². The number of carbonyl (C=O) groups excluding carboxylic acids is 3. The molecule has 11 N–H and O–H groups in total. The van der Waals surface area contributed by atoms with E-state index in [2.05, 4.69) is 20.9 Å². The third kappa shape index (κ3) is 12.3. The molecule has 0 radical (unpaired) electrons. The molecule has 0 saturated heterocycles. The molecule has 0 aliphatic carbocycles. The molecule has 0 rings (SSSR count). The van der Waals surface area contributed by atoms with Crippen molar-refractivity contribution in [1.82, 2.24) is 16.0 Å². The van der Waals surface area contributed by atoms with Gasteiger partial charge in [-0.05, 0) is 25.2 Å². The minimum absolute atomic E-state index is 0.0546. The molecule has 0 fully saturated rings. The summed E-state index contributed by atoms with van der Waals surface area (Å²) in [4.78, 5) is 62.8. The van der Waals surface area contributed by atoms with Crippen LogP contribution >= 0.6 is 0 Å². The number of guanidine groups is 1. The molecule has 14 nitrogen and oxygen atoms in total. The summed E-state index contributed by atoms with van der Waals surface area (Å²) >= 11 is 0. The van der Waals surface area contributed by atoms with Gasteiger partial charge in [-0.25, -0.2) is 0 Å². The minimum atomic E-state index is -1.28. The Balaban J connectivity index is 5.38. The Labute approximate surface area is 185 Å². The van der Waals surface area contributed by atoms with Crippen LogP contribution in [0.15, 0.2) is 4.99 Å². The van der Waals surface area contributed by atoms with Crippen molar-refractivity contribution in [2.24, 2.45) is 28.1 Å². The Morgan fingerprint density at radius 3 is 1.94 bits per heavy atom. The maximum absolute atomic E-state index is 12.8. The number of nitrogens with two attached hydrogens (primary N) is 3. The molecule has 0 aliphatic heterocycles. The number of carboxylic acid groups (broad SMARTS) is 2. The fourth-order valence-corrected chi connectivity index (χ4v) is 2.44. The largest absolute Gasteiger partial charge is 0.481 e. The second kappa shape index (κ2) is 14.6. The summed E-state index contributed by atoms with van der Waals surface area (Å²) in [5.74, 6) is -5.08. The lowest BCUT2D eigenvalue weighted by atomic mass is 10.0. The van der Waals surface area contributed by atoms with E-state index in [0.29, 0.717) is 0 Å². The highest BCUT2D eigenvalue weighted by Crippen LogP contribution is 2.05. The van der Waals surface area contributed by atoms with E-state index in [4.69, 9.17) is 27.4 Å². The van der Waals surface area contributed by atoms with Crippen LogP contribution in [0.2, 0.25) is 0 Å². The fourth-order valence-electron chi connectivity index (χ4n) is 2.44. The van der Waals surface area contributed by atoms with Crippen LogP contribution in [-0.4, -0.2) is 77.0 Å². The molecule has 0 aliphatic rings. The molecule has 14 heteroatoms. The Hall–Kier alpha value is -3.42. The van der Waals surface area contributed by atoms with Crippen molar-refractivity contribution < 1.29 is 34.2 Å². The molecule has 0 spiro atoms. The van der Waals surface area contributed by atoms with Crippen molar-refractivity contribution in [2.45, 2.75) is 57.7 Å². The molecule has 0 aromatic heterocycles. The summed E-state index contributed by atoms with van der Waals surface area (Å²) in [5.41, 5.74) is 16.2. The van der Waals surface area contributed by atoms with Crippen molar-refractivity contribution in [1.29, 1.82) is 0 Å². The molecule has 0 heterocycles. The average molecular weight is 460 g/mol. The van der Waals surface area contributed by atoms with Gasteiger partial charge in [0.25, 0.3) is 0 Å². The number of aliphatic carboxylic acids is 2. The third-order valence-electron chi connectivity index (χ3n) is 4.29. The molecule has 3 atom stereocenters. The third-order valence-corrected chi connectivity index (χ3v) is 4.29. The predicted molar refractivity (Wildman–Crippen MR) is 114 cm³/mol.